The Hall–Kier alpha value is -1.17. The Morgan fingerprint density at radius 3 is 2.79 bits per heavy atom. The molecule has 2 aromatic rings. The van der Waals surface area contributed by atoms with E-state index in [-0.39, 0.29) is 12.5 Å². The van der Waals surface area contributed by atoms with E-state index >= 15 is 0 Å². The molecule has 1 atom stereocenters. The molecule has 2 heterocycles. The van der Waals surface area contributed by atoms with Crippen molar-refractivity contribution in [3.05, 3.63) is 44.3 Å². The Morgan fingerprint density at radius 2 is 2.21 bits per heavy atom. The van der Waals surface area contributed by atoms with Crippen LogP contribution in [-0.4, -0.2) is 17.6 Å². The number of rotatable bonds is 5. The van der Waals surface area contributed by atoms with Crippen molar-refractivity contribution in [3.63, 3.8) is 0 Å². The molecule has 19 heavy (non-hydrogen) atoms. The number of nitrogens with one attached hydrogen (secondary N) is 1. The minimum atomic E-state index is -1.00. The van der Waals surface area contributed by atoms with Gasteiger partial charge in [-0.05, 0) is 37.4 Å². The van der Waals surface area contributed by atoms with Gasteiger partial charge in [-0.2, -0.15) is 0 Å². The summed E-state index contributed by atoms with van der Waals surface area (Å²) in [6, 6.07) is 7.75. The zero-order valence-electron chi connectivity index (χ0n) is 11.0. The molecule has 0 aliphatic carbocycles. The molecule has 0 bridgehead atoms. The first-order valence-electron chi connectivity index (χ1n) is 6.06. The second-order valence-electron chi connectivity index (χ2n) is 4.72. The summed E-state index contributed by atoms with van der Waals surface area (Å²) in [4.78, 5) is 14.9. The number of hydrogen-bond acceptors (Lipinski definition) is 4. The topological polar surface area (TPSA) is 49.3 Å². The smallest absolute Gasteiger partial charge is 0.225 e. The van der Waals surface area contributed by atoms with Crippen molar-refractivity contribution in [2.75, 3.05) is 6.54 Å². The Balaban J connectivity index is 1.87. The van der Waals surface area contributed by atoms with Gasteiger partial charge in [0.1, 0.15) is 5.60 Å². The molecule has 0 aliphatic heterocycles. The molecular formula is C14H17NO2S2. The Labute approximate surface area is 120 Å². The monoisotopic (exact) mass is 295 g/mol. The van der Waals surface area contributed by atoms with Gasteiger partial charge >= 0.3 is 0 Å². The maximum absolute atomic E-state index is 11.8. The van der Waals surface area contributed by atoms with Crippen molar-refractivity contribution in [1.29, 1.82) is 0 Å². The number of aryl methyl sites for hydroxylation is 1. The zero-order chi connectivity index (χ0) is 13.9. The number of carbonyl (C=O) groups excluding carboxylic acids is 1. The van der Waals surface area contributed by atoms with Crippen LogP contribution in [0.15, 0.2) is 29.6 Å². The molecule has 0 unspecified atom stereocenters. The summed E-state index contributed by atoms with van der Waals surface area (Å²) in [6.07, 6.45) is 0.374. The van der Waals surface area contributed by atoms with Crippen molar-refractivity contribution in [3.8, 4) is 0 Å². The van der Waals surface area contributed by atoms with E-state index in [1.165, 1.54) is 16.2 Å². The third-order valence-corrected chi connectivity index (χ3v) is 4.94. The van der Waals surface area contributed by atoms with Crippen LogP contribution in [0.4, 0.5) is 0 Å². The molecule has 5 heteroatoms. The average Bonchev–Trinajstić information content (AvgIpc) is 2.98. The van der Waals surface area contributed by atoms with Gasteiger partial charge in [-0.3, -0.25) is 4.79 Å². The summed E-state index contributed by atoms with van der Waals surface area (Å²) in [6.45, 7) is 3.97. The van der Waals surface area contributed by atoms with Crippen molar-refractivity contribution < 1.29 is 9.90 Å². The van der Waals surface area contributed by atoms with Crippen molar-refractivity contribution in [2.45, 2.75) is 25.9 Å². The Kier molecular flexibility index (Phi) is 4.39. The first kappa shape index (κ1) is 14.2. The van der Waals surface area contributed by atoms with E-state index in [0.29, 0.717) is 6.42 Å². The van der Waals surface area contributed by atoms with Gasteiger partial charge in [0.05, 0.1) is 13.0 Å². The maximum Gasteiger partial charge on any atom is 0.225 e. The maximum atomic E-state index is 11.8. The van der Waals surface area contributed by atoms with Crippen LogP contribution in [-0.2, 0) is 16.8 Å². The first-order valence-corrected chi connectivity index (χ1v) is 7.75. The van der Waals surface area contributed by atoms with E-state index in [1.54, 1.807) is 18.3 Å². The van der Waals surface area contributed by atoms with E-state index < -0.39 is 5.60 Å². The molecule has 102 valence electrons. The van der Waals surface area contributed by atoms with Gasteiger partial charge in [-0.25, -0.2) is 0 Å². The largest absolute Gasteiger partial charge is 0.383 e. The SMILES string of the molecule is Cc1ccc(CC(=O)NC[C@](C)(O)c2cccs2)s1. The number of aliphatic hydroxyl groups is 1. The van der Waals surface area contributed by atoms with Crippen LogP contribution in [0.2, 0.25) is 0 Å². The highest BCUT2D eigenvalue weighted by Gasteiger charge is 2.24. The normalized spacial score (nSPS) is 14.1. The first-order chi connectivity index (χ1) is 8.97. The molecule has 3 nitrogen and oxygen atoms in total. The number of hydrogen-bond donors (Lipinski definition) is 2. The van der Waals surface area contributed by atoms with Crippen LogP contribution in [0.1, 0.15) is 21.6 Å². The zero-order valence-corrected chi connectivity index (χ0v) is 12.6. The van der Waals surface area contributed by atoms with Crippen LogP contribution in [0.3, 0.4) is 0 Å². The van der Waals surface area contributed by atoms with Crippen LogP contribution >= 0.6 is 22.7 Å². The molecule has 0 fully saturated rings. The van der Waals surface area contributed by atoms with Gasteiger partial charge in [0.2, 0.25) is 5.91 Å². The fourth-order valence-corrected chi connectivity index (χ4v) is 3.42. The highest BCUT2D eigenvalue weighted by atomic mass is 32.1. The standard InChI is InChI=1S/C14H17NO2S2/c1-10-5-6-11(19-10)8-13(16)15-9-14(2,17)12-4-3-7-18-12/h3-7,17H,8-9H2,1-2H3,(H,15,16)/t14-/m0/s1. The lowest BCUT2D eigenvalue weighted by Crippen LogP contribution is -2.38. The minimum Gasteiger partial charge on any atom is -0.383 e. The highest BCUT2D eigenvalue weighted by Crippen LogP contribution is 2.24. The van der Waals surface area contributed by atoms with Crippen LogP contribution < -0.4 is 5.32 Å². The van der Waals surface area contributed by atoms with Crippen LogP contribution in [0, 0.1) is 6.92 Å². The molecule has 0 spiro atoms. The molecule has 0 aromatic carbocycles. The lowest BCUT2D eigenvalue weighted by Gasteiger charge is -2.22. The summed E-state index contributed by atoms with van der Waals surface area (Å²) in [5.41, 5.74) is -1.00. The number of amides is 1. The third-order valence-electron chi connectivity index (χ3n) is 2.81. The fourth-order valence-electron chi connectivity index (χ4n) is 1.74. The summed E-state index contributed by atoms with van der Waals surface area (Å²) in [7, 11) is 0. The van der Waals surface area contributed by atoms with E-state index in [2.05, 4.69) is 5.32 Å². The van der Waals surface area contributed by atoms with Gasteiger partial charge in [0, 0.05) is 14.6 Å². The van der Waals surface area contributed by atoms with Gasteiger partial charge in [-0.1, -0.05) is 6.07 Å². The molecule has 0 radical (unpaired) electrons. The van der Waals surface area contributed by atoms with Gasteiger partial charge in [0.15, 0.2) is 0 Å². The lowest BCUT2D eigenvalue weighted by atomic mass is 10.1. The molecule has 2 aromatic heterocycles. The second-order valence-corrected chi connectivity index (χ2v) is 7.04. The van der Waals surface area contributed by atoms with Gasteiger partial charge in [-0.15, -0.1) is 22.7 Å². The van der Waals surface area contributed by atoms with E-state index in [1.807, 2.05) is 36.6 Å². The summed E-state index contributed by atoms with van der Waals surface area (Å²) in [5.74, 6) is -0.0568. The van der Waals surface area contributed by atoms with Gasteiger partial charge in [0.25, 0.3) is 0 Å². The third kappa shape index (κ3) is 3.89. The second kappa shape index (κ2) is 5.86. The lowest BCUT2D eigenvalue weighted by molar-refractivity contribution is -0.121. The Morgan fingerprint density at radius 1 is 1.42 bits per heavy atom. The quantitative estimate of drug-likeness (QED) is 0.891. The van der Waals surface area contributed by atoms with Crippen LogP contribution in [0.5, 0.6) is 0 Å². The number of carbonyl (C=O) groups is 1. The molecule has 1 amide bonds. The minimum absolute atomic E-state index is 0.0568. The molecule has 0 saturated heterocycles. The summed E-state index contributed by atoms with van der Waals surface area (Å²) < 4.78 is 0. The predicted octanol–water partition coefficient (Wildman–Crippen LogP) is 2.68. The van der Waals surface area contributed by atoms with E-state index in [4.69, 9.17) is 0 Å². The van der Waals surface area contributed by atoms with E-state index in [0.717, 1.165) is 9.75 Å². The van der Waals surface area contributed by atoms with Crippen molar-refractivity contribution in [1.82, 2.24) is 5.32 Å². The Bertz CT molecular complexity index is 544. The van der Waals surface area contributed by atoms with Gasteiger partial charge < -0.3 is 10.4 Å². The average molecular weight is 295 g/mol. The molecular weight excluding hydrogens is 278 g/mol. The van der Waals surface area contributed by atoms with E-state index in [9.17, 15) is 9.90 Å². The highest BCUT2D eigenvalue weighted by molar-refractivity contribution is 7.12. The molecule has 0 saturated carbocycles. The summed E-state index contributed by atoms with van der Waals surface area (Å²) in [5, 5.41) is 15.0. The molecule has 2 rings (SSSR count). The van der Waals surface area contributed by atoms with Crippen molar-refractivity contribution >= 4 is 28.6 Å². The predicted molar refractivity (Wildman–Crippen MR) is 79.7 cm³/mol. The van der Waals surface area contributed by atoms with Crippen molar-refractivity contribution in [2.24, 2.45) is 0 Å². The summed E-state index contributed by atoms with van der Waals surface area (Å²) >= 11 is 3.12. The molecule has 0 aliphatic rings. The fraction of sp³-hybridized carbons (Fsp3) is 0.357. The molecule has 2 N–H and O–H groups in total. The van der Waals surface area contributed by atoms with Crippen LogP contribution in [0.25, 0.3) is 0 Å². The number of thiophene rings is 2.